The lowest BCUT2D eigenvalue weighted by Gasteiger charge is -2.46. The maximum atomic E-state index is 13.2. The Balaban J connectivity index is 1.28. The van der Waals surface area contributed by atoms with Crippen LogP contribution in [0, 0.1) is 0 Å². The van der Waals surface area contributed by atoms with Crippen molar-refractivity contribution >= 4 is 24.7 Å². The molecule has 4 nitrogen and oxygen atoms in total. The molecule has 47 heavy (non-hydrogen) atoms. The molecule has 0 unspecified atom stereocenters. The first-order chi connectivity index (χ1) is 22.8. The van der Waals surface area contributed by atoms with E-state index in [1.54, 1.807) is 0 Å². The second-order valence-electron chi connectivity index (χ2n) is 13.4. The van der Waals surface area contributed by atoms with Gasteiger partial charge in [-0.3, -0.25) is 4.79 Å². The van der Waals surface area contributed by atoms with Gasteiger partial charge in [0, 0.05) is 12.8 Å². The Bertz CT molecular complexity index is 1570. The van der Waals surface area contributed by atoms with Crippen LogP contribution in [0.25, 0.3) is 0 Å². The first kappa shape index (κ1) is 32.6. The molecule has 0 saturated carbocycles. The molecule has 0 spiro atoms. The van der Waals surface area contributed by atoms with E-state index >= 15 is 0 Å². The van der Waals surface area contributed by atoms with Gasteiger partial charge in [-0.15, -0.1) is 0 Å². The van der Waals surface area contributed by atoms with Crippen molar-refractivity contribution in [1.29, 1.82) is 0 Å². The number of benzene rings is 5. The van der Waals surface area contributed by atoms with E-state index in [2.05, 4.69) is 142 Å². The molecule has 1 fully saturated rings. The molecule has 2 atom stereocenters. The number of hydrogen-bond acceptors (Lipinski definition) is 4. The monoisotopic (exact) mass is 640 g/mol. The van der Waals surface area contributed by atoms with E-state index in [1.807, 2.05) is 30.3 Å². The van der Waals surface area contributed by atoms with Crippen LogP contribution in [0.2, 0.25) is 5.04 Å². The van der Waals surface area contributed by atoms with Crippen LogP contribution in [-0.2, 0) is 24.3 Å². The Hall–Kier alpha value is -4.29. The van der Waals surface area contributed by atoms with Crippen molar-refractivity contribution in [3.63, 3.8) is 0 Å². The third-order valence-electron chi connectivity index (χ3n) is 9.28. The predicted octanol–water partition coefficient (Wildman–Crippen LogP) is 8.04. The number of esters is 1. The summed E-state index contributed by atoms with van der Waals surface area (Å²) in [7, 11) is -2.83. The highest BCUT2D eigenvalue weighted by atomic mass is 28.4. The summed E-state index contributed by atoms with van der Waals surface area (Å²) >= 11 is 0. The van der Waals surface area contributed by atoms with Gasteiger partial charge < -0.3 is 13.9 Å². The molecular formula is C42H44O4Si. The topological polar surface area (TPSA) is 44.8 Å². The standard InChI is InChI=1S/C42H44O4Si/c1-41(2,3)47(38-25-15-7-16-26-38,39-27-17-8-18-28-39)46-37-31-36(45-40(43)32-37)29-30-44-42(33-19-9-4-10-20-33,34-21-11-5-12-22-34)35-23-13-6-14-24-35/h4-28,36-37H,29-32H2,1-3H3/t36-,37-/m1/s1. The summed E-state index contributed by atoms with van der Waals surface area (Å²) in [5, 5.41) is 2.22. The van der Waals surface area contributed by atoms with Crippen LogP contribution in [0.4, 0.5) is 0 Å². The maximum absolute atomic E-state index is 13.2. The minimum Gasteiger partial charge on any atom is -0.462 e. The first-order valence-electron chi connectivity index (χ1n) is 16.6. The molecule has 0 aromatic heterocycles. The van der Waals surface area contributed by atoms with Gasteiger partial charge in [-0.25, -0.2) is 0 Å². The molecule has 5 aromatic rings. The molecule has 0 N–H and O–H groups in total. The van der Waals surface area contributed by atoms with Crippen molar-refractivity contribution in [2.24, 2.45) is 0 Å². The van der Waals surface area contributed by atoms with Gasteiger partial charge in [0.2, 0.25) is 0 Å². The second kappa shape index (κ2) is 14.2. The number of ether oxygens (including phenoxy) is 2. The van der Waals surface area contributed by atoms with Crippen molar-refractivity contribution in [1.82, 2.24) is 0 Å². The second-order valence-corrected chi connectivity index (χ2v) is 17.6. The zero-order valence-electron chi connectivity index (χ0n) is 27.5. The van der Waals surface area contributed by atoms with Crippen molar-refractivity contribution < 1.29 is 18.7 Å². The van der Waals surface area contributed by atoms with E-state index < -0.39 is 13.9 Å². The number of carbonyl (C=O) groups excluding carboxylic acids is 1. The van der Waals surface area contributed by atoms with E-state index in [9.17, 15) is 4.79 Å². The van der Waals surface area contributed by atoms with Crippen LogP contribution in [-0.4, -0.2) is 33.1 Å². The van der Waals surface area contributed by atoms with Gasteiger partial charge in [-0.05, 0) is 32.1 Å². The maximum Gasteiger partial charge on any atom is 0.308 e. The summed E-state index contributed by atoms with van der Waals surface area (Å²) < 4.78 is 20.4. The molecule has 0 amide bonds. The summed E-state index contributed by atoms with van der Waals surface area (Å²) in [6, 6.07) is 52.3. The van der Waals surface area contributed by atoms with Gasteiger partial charge in [0.1, 0.15) is 11.7 Å². The molecule has 5 aromatic carbocycles. The van der Waals surface area contributed by atoms with Crippen molar-refractivity contribution in [2.75, 3.05) is 6.61 Å². The highest BCUT2D eigenvalue weighted by Crippen LogP contribution is 2.42. The summed E-state index contributed by atoms with van der Waals surface area (Å²) in [5.74, 6) is -0.218. The Kier molecular flexibility index (Phi) is 9.88. The smallest absolute Gasteiger partial charge is 0.308 e. The summed E-state index contributed by atoms with van der Waals surface area (Å²) in [6.45, 7) is 7.19. The molecule has 1 aliphatic heterocycles. The van der Waals surface area contributed by atoms with Crippen LogP contribution < -0.4 is 10.4 Å². The van der Waals surface area contributed by atoms with Gasteiger partial charge >= 0.3 is 5.97 Å². The van der Waals surface area contributed by atoms with Crippen molar-refractivity contribution in [3.8, 4) is 0 Å². The van der Waals surface area contributed by atoms with Crippen molar-refractivity contribution in [3.05, 3.63) is 168 Å². The van der Waals surface area contributed by atoms with Crippen LogP contribution in [0.5, 0.6) is 0 Å². The normalized spacial score (nSPS) is 17.2. The third kappa shape index (κ3) is 6.75. The van der Waals surface area contributed by atoms with E-state index in [1.165, 1.54) is 10.4 Å². The molecule has 240 valence electrons. The number of rotatable bonds is 11. The van der Waals surface area contributed by atoms with Crippen molar-refractivity contribution in [2.45, 2.75) is 62.9 Å². The number of cyclic esters (lactones) is 1. The highest BCUT2D eigenvalue weighted by molar-refractivity contribution is 6.99. The van der Waals surface area contributed by atoms with E-state index in [-0.39, 0.29) is 29.6 Å². The van der Waals surface area contributed by atoms with Gasteiger partial charge in [0.05, 0.1) is 19.1 Å². The molecule has 0 radical (unpaired) electrons. The number of carbonyl (C=O) groups is 1. The average molecular weight is 641 g/mol. The fourth-order valence-electron chi connectivity index (χ4n) is 7.16. The lowest BCUT2D eigenvalue weighted by molar-refractivity contribution is -0.161. The quantitative estimate of drug-likeness (QED) is 0.0833. The summed E-state index contributed by atoms with van der Waals surface area (Å²) in [4.78, 5) is 13.2. The molecular weight excluding hydrogens is 597 g/mol. The minimum absolute atomic E-state index is 0.184. The summed E-state index contributed by atoms with van der Waals surface area (Å²) in [5.41, 5.74) is 2.32. The SMILES string of the molecule is CC(C)(C)[Si](O[C@H]1CC(=O)O[C@H](CCOC(c2ccccc2)(c2ccccc2)c2ccccc2)C1)(c1ccccc1)c1ccccc1. The van der Waals surface area contributed by atoms with Crippen LogP contribution in [0.3, 0.4) is 0 Å². The lowest BCUT2D eigenvalue weighted by atomic mass is 9.80. The van der Waals surface area contributed by atoms with Gasteiger partial charge in [0.15, 0.2) is 0 Å². The lowest BCUT2D eigenvalue weighted by Crippen LogP contribution is -2.68. The Morgan fingerprint density at radius 3 is 1.45 bits per heavy atom. The van der Waals surface area contributed by atoms with E-state index in [0.29, 0.717) is 19.4 Å². The van der Waals surface area contributed by atoms with Gasteiger partial charge in [-0.1, -0.05) is 172 Å². The highest BCUT2D eigenvalue weighted by Gasteiger charge is 2.52. The molecule has 6 rings (SSSR count). The third-order valence-corrected chi connectivity index (χ3v) is 14.4. The molecule has 1 heterocycles. The minimum atomic E-state index is -2.83. The van der Waals surface area contributed by atoms with Crippen LogP contribution in [0.1, 0.15) is 56.7 Å². The van der Waals surface area contributed by atoms with E-state index in [0.717, 1.165) is 16.7 Å². The Morgan fingerprint density at radius 2 is 1.04 bits per heavy atom. The Morgan fingerprint density at radius 1 is 0.638 bits per heavy atom. The van der Waals surface area contributed by atoms with Crippen LogP contribution in [0.15, 0.2) is 152 Å². The molecule has 0 bridgehead atoms. The van der Waals surface area contributed by atoms with Gasteiger partial charge in [0.25, 0.3) is 8.32 Å². The fraction of sp³-hybridized carbons (Fsp3) is 0.262. The molecule has 0 aliphatic carbocycles. The fourth-order valence-corrected chi connectivity index (χ4v) is 11.9. The molecule has 5 heteroatoms. The summed E-state index contributed by atoms with van der Waals surface area (Å²) in [6.07, 6.45) is 0.827. The van der Waals surface area contributed by atoms with Crippen LogP contribution >= 0.6 is 0 Å². The zero-order valence-corrected chi connectivity index (χ0v) is 28.5. The predicted molar refractivity (Wildman–Crippen MR) is 191 cm³/mol. The number of hydrogen-bond donors (Lipinski definition) is 0. The average Bonchev–Trinajstić information content (AvgIpc) is 3.10. The zero-order chi connectivity index (χ0) is 32.7. The van der Waals surface area contributed by atoms with Gasteiger partial charge in [-0.2, -0.15) is 0 Å². The Labute approximate surface area is 280 Å². The first-order valence-corrected chi connectivity index (χ1v) is 18.5. The largest absolute Gasteiger partial charge is 0.462 e. The molecule has 1 aliphatic rings. The molecule has 1 saturated heterocycles. The van der Waals surface area contributed by atoms with E-state index in [4.69, 9.17) is 13.9 Å².